The molecule has 3 N–H and O–H groups in total. The zero-order chi connectivity index (χ0) is 17.0. The van der Waals surface area contributed by atoms with E-state index in [2.05, 4.69) is 5.32 Å². The van der Waals surface area contributed by atoms with Gasteiger partial charge in [0.25, 0.3) is 0 Å². The smallest absolute Gasteiger partial charge is 0.236 e. The number of nitrogens with one attached hydrogen (secondary N) is 1. The van der Waals surface area contributed by atoms with Gasteiger partial charge >= 0.3 is 0 Å². The van der Waals surface area contributed by atoms with Gasteiger partial charge in [-0.15, -0.1) is 0 Å². The van der Waals surface area contributed by atoms with E-state index in [0.717, 1.165) is 5.56 Å². The van der Waals surface area contributed by atoms with E-state index in [1.807, 2.05) is 13.0 Å². The molecule has 0 unspecified atom stereocenters. The number of likely N-dealkylation sites (tertiary alicyclic amines) is 1. The zero-order valence-electron chi connectivity index (χ0n) is 12.9. The van der Waals surface area contributed by atoms with Gasteiger partial charge < -0.3 is 16.0 Å². The quantitative estimate of drug-likeness (QED) is 0.846. The Balaban J connectivity index is 2.32. The maximum Gasteiger partial charge on any atom is 0.236 e. The molecule has 0 aliphatic carbocycles. The maximum absolute atomic E-state index is 12.4. The minimum absolute atomic E-state index is 0.0106. The lowest BCUT2D eigenvalue weighted by Gasteiger charge is -2.40. The van der Waals surface area contributed by atoms with Crippen LogP contribution in [0.4, 0.5) is 0 Å². The summed E-state index contributed by atoms with van der Waals surface area (Å²) in [4.78, 5) is 37.2. The van der Waals surface area contributed by atoms with Crippen molar-refractivity contribution in [3.8, 4) is 0 Å². The molecule has 0 bridgehead atoms. The number of hydrogen-bond acceptors (Lipinski definition) is 3. The van der Waals surface area contributed by atoms with Crippen LogP contribution in [-0.4, -0.2) is 35.7 Å². The first-order chi connectivity index (χ1) is 10.9. The second-order valence-corrected chi connectivity index (χ2v) is 5.95. The van der Waals surface area contributed by atoms with Crippen molar-refractivity contribution < 1.29 is 14.4 Å². The monoisotopic (exact) mass is 337 g/mol. The van der Waals surface area contributed by atoms with E-state index in [9.17, 15) is 14.4 Å². The first kappa shape index (κ1) is 17.3. The standard InChI is InChI=1S/C16H20ClN3O3/c1-2-20-14(22)7-6-12(16(23)19-9-13(18)21)15(20)10-4-3-5-11(17)8-10/h3-5,8,12,15H,2,6-7,9H2,1H3,(H2,18,21)(H,19,23)/t12-,15+/m1/s1. The molecule has 1 aromatic rings. The Labute approximate surface area is 140 Å². The molecule has 2 rings (SSSR count). The molecular weight excluding hydrogens is 318 g/mol. The molecule has 1 aliphatic heterocycles. The number of piperidine rings is 1. The molecule has 0 spiro atoms. The Kier molecular flexibility index (Phi) is 5.60. The van der Waals surface area contributed by atoms with Gasteiger partial charge in [0.05, 0.1) is 18.5 Å². The van der Waals surface area contributed by atoms with Crippen molar-refractivity contribution in [2.75, 3.05) is 13.1 Å². The topological polar surface area (TPSA) is 92.5 Å². The van der Waals surface area contributed by atoms with Crippen LogP contribution in [-0.2, 0) is 14.4 Å². The molecule has 124 valence electrons. The van der Waals surface area contributed by atoms with Crippen LogP contribution < -0.4 is 11.1 Å². The predicted octanol–water partition coefficient (Wildman–Crippen LogP) is 1.24. The molecule has 23 heavy (non-hydrogen) atoms. The van der Waals surface area contributed by atoms with Crippen molar-refractivity contribution in [3.05, 3.63) is 34.9 Å². The van der Waals surface area contributed by atoms with E-state index in [0.29, 0.717) is 24.4 Å². The van der Waals surface area contributed by atoms with E-state index >= 15 is 0 Å². The molecule has 1 aromatic carbocycles. The van der Waals surface area contributed by atoms with Crippen LogP contribution in [0.25, 0.3) is 0 Å². The second-order valence-electron chi connectivity index (χ2n) is 5.51. The van der Waals surface area contributed by atoms with Crippen LogP contribution in [0.3, 0.4) is 0 Å². The van der Waals surface area contributed by atoms with E-state index in [1.165, 1.54) is 0 Å². The van der Waals surface area contributed by atoms with Gasteiger partial charge in [0, 0.05) is 18.0 Å². The number of amides is 3. The summed E-state index contributed by atoms with van der Waals surface area (Å²) < 4.78 is 0. The lowest BCUT2D eigenvalue weighted by atomic mass is 9.83. The van der Waals surface area contributed by atoms with E-state index < -0.39 is 17.9 Å². The number of halogens is 1. The fraction of sp³-hybridized carbons (Fsp3) is 0.438. The number of nitrogens with two attached hydrogens (primary N) is 1. The number of benzene rings is 1. The van der Waals surface area contributed by atoms with Gasteiger partial charge in [-0.25, -0.2) is 0 Å². The fourth-order valence-corrected chi connectivity index (χ4v) is 3.21. The highest BCUT2D eigenvalue weighted by Crippen LogP contribution is 2.37. The first-order valence-corrected chi connectivity index (χ1v) is 7.92. The maximum atomic E-state index is 12.4. The van der Waals surface area contributed by atoms with Crippen molar-refractivity contribution in [3.63, 3.8) is 0 Å². The first-order valence-electron chi connectivity index (χ1n) is 7.55. The summed E-state index contributed by atoms with van der Waals surface area (Å²) >= 11 is 6.06. The van der Waals surface area contributed by atoms with Crippen molar-refractivity contribution in [1.82, 2.24) is 10.2 Å². The van der Waals surface area contributed by atoms with Gasteiger partial charge in [-0.3, -0.25) is 14.4 Å². The summed E-state index contributed by atoms with van der Waals surface area (Å²) in [5.74, 6) is -1.31. The molecule has 1 heterocycles. The summed E-state index contributed by atoms with van der Waals surface area (Å²) in [6, 6.07) is 6.76. The minimum atomic E-state index is -0.600. The molecule has 3 amide bonds. The average molecular weight is 338 g/mol. The molecule has 0 aromatic heterocycles. The predicted molar refractivity (Wildman–Crippen MR) is 86.5 cm³/mol. The Morgan fingerprint density at radius 2 is 2.17 bits per heavy atom. The molecular formula is C16H20ClN3O3. The van der Waals surface area contributed by atoms with Gasteiger partial charge in [0.2, 0.25) is 17.7 Å². The third kappa shape index (κ3) is 4.01. The molecule has 2 atom stereocenters. The van der Waals surface area contributed by atoms with Gasteiger partial charge in [-0.1, -0.05) is 23.7 Å². The van der Waals surface area contributed by atoms with Gasteiger partial charge in [0.1, 0.15) is 0 Å². The molecule has 1 aliphatic rings. The highest BCUT2D eigenvalue weighted by Gasteiger charge is 2.39. The zero-order valence-corrected chi connectivity index (χ0v) is 13.7. The summed E-state index contributed by atoms with van der Waals surface area (Å²) in [5.41, 5.74) is 5.89. The van der Waals surface area contributed by atoms with Crippen LogP contribution in [0.1, 0.15) is 31.4 Å². The van der Waals surface area contributed by atoms with Crippen LogP contribution in [0.15, 0.2) is 24.3 Å². The number of rotatable bonds is 5. The van der Waals surface area contributed by atoms with Gasteiger partial charge in [-0.2, -0.15) is 0 Å². The van der Waals surface area contributed by atoms with Gasteiger partial charge in [-0.05, 0) is 31.0 Å². The summed E-state index contributed by atoms with van der Waals surface area (Å²) in [5, 5.41) is 3.09. The lowest BCUT2D eigenvalue weighted by molar-refractivity contribution is -0.143. The molecule has 1 saturated heterocycles. The number of primary amides is 1. The van der Waals surface area contributed by atoms with E-state index in [-0.39, 0.29) is 18.4 Å². The van der Waals surface area contributed by atoms with Crippen molar-refractivity contribution in [1.29, 1.82) is 0 Å². The number of carbonyl (C=O) groups excluding carboxylic acids is 3. The SMILES string of the molecule is CCN1C(=O)CC[C@@H](C(=O)NCC(N)=O)[C@@H]1c1cccc(Cl)c1. The van der Waals surface area contributed by atoms with Gasteiger partial charge in [0.15, 0.2) is 0 Å². The third-order valence-electron chi connectivity index (χ3n) is 4.01. The van der Waals surface area contributed by atoms with Crippen LogP contribution in [0.2, 0.25) is 5.02 Å². The van der Waals surface area contributed by atoms with E-state index in [1.54, 1.807) is 23.1 Å². The number of carbonyl (C=O) groups is 3. The van der Waals surface area contributed by atoms with Crippen molar-refractivity contribution in [2.45, 2.75) is 25.8 Å². The summed E-state index contributed by atoms with van der Waals surface area (Å²) in [7, 11) is 0. The van der Waals surface area contributed by atoms with Crippen LogP contribution in [0.5, 0.6) is 0 Å². The Morgan fingerprint density at radius 1 is 1.43 bits per heavy atom. The lowest BCUT2D eigenvalue weighted by Crippen LogP contribution is -2.49. The Hall–Kier alpha value is -2.08. The number of nitrogens with zero attached hydrogens (tertiary/aromatic N) is 1. The largest absolute Gasteiger partial charge is 0.368 e. The van der Waals surface area contributed by atoms with Crippen molar-refractivity contribution >= 4 is 29.3 Å². The molecule has 6 nitrogen and oxygen atoms in total. The molecule has 1 fully saturated rings. The summed E-state index contributed by atoms with van der Waals surface area (Å²) in [6.07, 6.45) is 0.733. The highest BCUT2D eigenvalue weighted by molar-refractivity contribution is 6.30. The normalized spacial score (nSPS) is 21.1. The molecule has 0 saturated carbocycles. The van der Waals surface area contributed by atoms with Crippen LogP contribution in [0, 0.1) is 5.92 Å². The fourth-order valence-electron chi connectivity index (χ4n) is 3.01. The number of hydrogen-bond donors (Lipinski definition) is 2. The van der Waals surface area contributed by atoms with E-state index in [4.69, 9.17) is 17.3 Å². The molecule has 0 radical (unpaired) electrons. The second kappa shape index (κ2) is 7.46. The minimum Gasteiger partial charge on any atom is -0.368 e. The summed E-state index contributed by atoms with van der Waals surface area (Å²) in [6.45, 7) is 2.16. The van der Waals surface area contributed by atoms with Crippen molar-refractivity contribution in [2.24, 2.45) is 11.7 Å². The molecule has 7 heteroatoms. The average Bonchev–Trinajstić information content (AvgIpc) is 2.52. The Morgan fingerprint density at radius 3 is 2.78 bits per heavy atom. The third-order valence-corrected chi connectivity index (χ3v) is 4.25. The Bertz CT molecular complexity index is 620. The van der Waals surface area contributed by atoms with Crippen LogP contribution >= 0.6 is 11.6 Å². The highest BCUT2D eigenvalue weighted by atomic mass is 35.5.